The number of aromatic nitrogens is 1. The number of piperazine rings is 1. The maximum atomic E-state index is 5.84. The Hall–Kier alpha value is -0.970. The van der Waals surface area contributed by atoms with E-state index in [0.717, 1.165) is 45.7 Å². The molecule has 0 unspecified atom stereocenters. The van der Waals surface area contributed by atoms with Crippen molar-refractivity contribution in [1.29, 1.82) is 0 Å². The molecule has 2 rings (SSSR count). The second-order valence-electron chi connectivity index (χ2n) is 5.96. The second kappa shape index (κ2) is 6.46. The zero-order valence-corrected chi connectivity index (χ0v) is 12.2. The van der Waals surface area contributed by atoms with Crippen LogP contribution in [-0.4, -0.2) is 59.6 Å². The molecule has 106 valence electrons. The van der Waals surface area contributed by atoms with Crippen LogP contribution in [0.15, 0.2) is 24.5 Å². The fourth-order valence-corrected chi connectivity index (χ4v) is 2.54. The van der Waals surface area contributed by atoms with E-state index in [1.165, 1.54) is 5.56 Å². The highest BCUT2D eigenvalue weighted by molar-refractivity contribution is 5.08. The average Bonchev–Trinajstić information content (AvgIpc) is 2.47. The van der Waals surface area contributed by atoms with Crippen LogP contribution in [0.1, 0.15) is 19.4 Å². The van der Waals surface area contributed by atoms with E-state index in [-0.39, 0.29) is 5.54 Å². The van der Waals surface area contributed by atoms with Crippen LogP contribution in [0.4, 0.5) is 0 Å². The normalized spacial score (nSPS) is 18.7. The minimum atomic E-state index is 0.134. The highest BCUT2D eigenvalue weighted by atomic mass is 15.3. The van der Waals surface area contributed by atoms with Gasteiger partial charge in [0.25, 0.3) is 0 Å². The number of pyridine rings is 1. The van der Waals surface area contributed by atoms with Crippen molar-refractivity contribution < 1.29 is 0 Å². The SMILES string of the molecule is CC(C)(CN)N1CCN(CCc2cccnc2)CC1. The van der Waals surface area contributed by atoms with Crippen molar-refractivity contribution in [2.75, 3.05) is 39.3 Å². The summed E-state index contributed by atoms with van der Waals surface area (Å²) in [5.41, 5.74) is 7.30. The Morgan fingerprint density at radius 2 is 2.00 bits per heavy atom. The first-order valence-electron chi connectivity index (χ1n) is 7.18. The van der Waals surface area contributed by atoms with Crippen LogP contribution in [-0.2, 0) is 6.42 Å². The van der Waals surface area contributed by atoms with E-state index in [4.69, 9.17) is 5.73 Å². The molecule has 1 aliphatic heterocycles. The lowest BCUT2D eigenvalue weighted by atomic mass is 10.0. The Morgan fingerprint density at radius 1 is 1.26 bits per heavy atom. The van der Waals surface area contributed by atoms with Crippen molar-refractivity contribution in [3.05, 3.63) is 30.1 Å². The Labute approximate surface area is 116 Å². The molecule has 0 aliphatic carbocycles. The van der Waals surface area contributed by atoms with Crippen LogP contribution in [0.25, 0.3) is 0 Å². The second-order valence-corrected chi connectivity index (χ2v) is 5.96. The molecule has 2 N–H and O–H groups in total. The van der Waals surface area contributed by atoms with Crippen LogP contribution in [0.2, 0.25) is 0 Å². The van der Waals surface area contributed by atoms with Gasteiger partial charge in [-0.2, -0.15) is 0 Å². The van der Waals surface area contributed by atoms with Crippen LogP contribution < -0.4 is 5.73 Å². The Morgan fingerprint density at radius 3 is 2.58 bits per heavy atom. The molecular weight excluding hydrogens is 236 g/mol. The lowest BCUT2D eigenvalue weighted by Gasteiger charge is -2.43. The third kappa shape index (κ3) is 4.00. The maximum absolute atomic E-state index is 5.84. The molecule has 0 amide bonds. The highest BCUT2D eigenvalue weighted by Crippen LogP contribution is 2.15. The van der Waals surface area contributed by atoms with Gasteiger partial charge in [0, 0.05) is 57.2 Å². The average molecular weight is 262 g/mol. The molecule has 0 atom stereocenters. The summed E-state index contributed by atoms with van der Waals surface area (Å²) in [6.45, 7) is 10.9. The lowest BCUT2D eigenvalue weighted by molar-refractivity contribution is 0.0574. The van der Waals surface area contributed by atoms with Crippen molar-refractivity contribution >= 4 is 0 Å². The van der Waals surface area contributed by atoms with Gasteiger partial charge in [-0.1, -0.05) is 6.07 Å². The molecule has 1 fully saturated rings. The topological polar surface area (TPSA) is 45.4 Å². The van der Waals surface area contributed by atoms with E-state index in [1.54, 1.807) is 0 Å². The fourth-order valence-electron chi connectivity index (χ4n) is 2.54. The summed E-state index contributed by atoms with van der Waals surface area (Å²) >= 11 is 0. The standard InChI is InChI=1S/C15H26N4/c1-15(2,13-16)19-10-8-18(9-11-19)7-5-14-4-3-6-17-12-14/h3-4,6,12H,5,7-11,13,16H2,1-2H3. The smallest absolute Gasteiger partial charge is 0.0300 e. The molecule has 4 nitrogen and oxygen atoms in total. The molecule has 4 heteroatoms. The monoisotopic (exact) mass is 262 g/mol. The fraction of sp³-hybridized carbons (Fsp3) is 0.667. The summed E-state index contributed by atoms with van der Waals surface area (Å²) in [5, 5.41) is 0. The maximum Gasteiger partial charge on any atom is 0.0300 e. The Balaban J connectivity index is 1.75. The predicted molar refractivity (Wildman–Crippen MR) is 79.1 cm³/mol. The minimum Gasteiger partial charge on any atom is -0.329 e. The molecule has 1 saturated heterocycles. The summed E-state index contributed by atoms with van der Waals surface area (Å²) in [7, 11) is 0. The molecule has 1 aromatic heterocycles. The molecule has 0 aromatic carbocycles. The van der Waals surface area contributed by atoms with Gasteiger partial charge in [-0.25, -0.2) is 0 Å². The van der Waals surface area contributed by atoms with Crippen molar-refractivity contribution in [2.45, 2.75) is 25.8 Å². The number of nitrogens with two attached hydrogens (primary N) is 1. The van der Waals surface area contributed by atoms with Crippen LogP contribution in [0.3, 0.4) is 0 Å². The first-order chi connectivity index (χ1) is 9.12. The molecule has 2 heterocycles. The molecule has 1 aliphatic rings. The third-order valence-electron chi connectivity index (χ3n) is 4.17. The highest BCUT2D eigenvalue weighted by Gasteiger charge is 2.28. The molecule has 0 radical (unpaired) electrons. The molecule has 19 heavy (non-hydrogen) atoms. The molecule has 0 saturated carbocycles. The predicted octanol–water partition coefficient (Wildman–Crippen LogP) is 0.979. The molecular formula is C15H26N4. The summed E-state index contributed by atoms with van der Waals surface area (Å²) < 4.78 is 0. The molecule has 0 bridgehead atoms. The Kier molecular flexibility index (Phi) is 4.91. The van der Waals surface area contributed by atoms with Gasteiger partial charge < -0.3 is 10.6 Å². The van der Waals surface area contributed by atoms with E-state index < -0.39 is 0 Å². The zero-order valence-electron chi connectivity index (χ0n) is 12.2. The van der Waals surface area contributed by atoms with E-state index in [2.05, 4.69) is 34.7 Å². The van der Waals surface area contributed by atoms with Gasteiger partial charge in [0.1, 0.15) is 0 Å². The van der Waals surface area contributed by atoms with Crippen molar-refractivity contribution in [2.24, 2.45) is 5.73 Å². The van der Waals surface area contributed by atoms with Crippen molar-refractivity contribution in [1.82, 2.24) is 14.8 Å². The number of hydrogen-bond acceptors (Lipinski definition) is 4. The summed E-state index contributed by atoms with van der Waals surface area (Å²) in [5.74, 6) is 0. The van der Waals surface area contributed by atoms with Gasteiger partial charge in [-0.05, 0) is 31.9 Å². The summed E-state index contributed by atoms with van der Waals surface area (Å²) in [6.07, 6.45) is 4.89. The van der Waals surface area contributed by atoms with Gasteiger partial charge >= 0.3 is 0 Å². The first kappa shape index (κ1) is 14.4. The van der Waals surface area contributed by atoms with Crippen LogP contribution in [0, 0.1) is 0 Å². The lowest BCUT2D eigenvalue weighted by Crippen LogP contribution is -2.57. The van der Waals surface area contributed by atoms with E-state index >= 15 is 0 Å². The van der Waals surface area contributed by atoms with Gasteiger partial charge in [0.05, 0.1) is 0 Å². The largest absolute Gasteiger partial charge is 0.329 e. The van der Waals surface area contributed by atoms with Crippen molar-refractivity contribution in [3.63, 3.8) is 0 Å². The first-order valence-corrected chi connectivity index (χ1v) is 7.18. The minimum absolute atomic E-state index is 0.134. The van der Waals surface area contributed by atoms with Crippen LogP contribution >= 0.6 is 0 Å². The summed E-state index contributed by atoms with van der Waals surface area (Å²) in [6, 6.07) is 4.16. The van der Waals surface area contributed by atoms with E-state index in [1.807, 2.05) is 18.5 Å². The third-order valence-corrected chi connectivity index (χ3v) is 4.17. The van der Waals surface area contributed by atoms with Gasteiger partial charge in [0.2, 0.25) is 0 Å². The van der Waals surface area contributed by atoms with Gasteiger partial charge in [-0.3, -0.25) is 9.88 Å². The zero-order chi connectivity index (χ0) is 13.7. The number of rotatable bonds is 5. The molecule has 1 aromatic rings. The van der Waals surface area contributed by atoms with E-state index in [9.17, 15) is 0 Å². The summed E-state index contributed by atoms with van der Waals surface area (Å²) in [4.78, 5) is 9.21. The number of hydrogen-bond donors (Lipinski definition) is 1. The van der Waals surface area contributed by atoms with Gasteiger partial charge in [-0.15, -0.1) is 0 Å². The van der Waals surface area contributed by atoms with Gasteiger partial charge in [0.15, 0.2) is 0 Å². The van der Waals surface area contributed by atoms with Crippen LogP contribution in [0.5, 0.6) is 0 Å². The van der Waals surface area contributed by atoms with E-state index in [0.29, 0.717) is 0 Å². The Bertz CT molecular complexity index is 369. The molecule has 0 spiro atoms. The quantitative estimate of drug-likeness (QED) is 0.859. The number of nitrogens with zero attached hydrogens (tertiary/aromatic N) is 3. The van der Waals surface area contributed by atoms with Crippen molar-refractivity contribution in [3.8, 4) is 0 Å².